The van der Waals surface area contributed by atoms with Crippen molar-refractivity contribution in [3.05, 3.63) is 82.3 Å². The number of benzene rings is 3. The molecule has 0 atom stereocenters. The van der Waals surface area contributed by atoms with E-state index in [4.69, 9.17) is 32.7 Å². The number of ether oxygens (including phenoxy) is 2. The normalized spacial score (nSPS) is 10.4. The minimum absolute atomic E-state index is 0.540. The molecule has 3 aromatic rings. The first kappa shape index (κ1) is 15.7. The van der Waals surface area contributed by atoms with Crippen LogP contribution in [0.15, 0.2) is 66.7 Å². The average molecular weight is 345 g/mol. The molecule has 2 nitrogen and oxygen atoms in total. The maximum absolute atomic E-state index is 6.18. The Morgan fingerprint density at radius 1 is 0.609 bits per heavy atom. The fourth-order valence-electron chi connectivity index (χ4n) is 2.12. The van der Waals surface area contributed by atoms with E-state index in [0.717, 1.165) is 5.56 Å². The third-order valence-corrected chi connectivity index (χ3v) is 3.91. The molecule has 0 spiro atoms. The number of halogens is 2. The third-order valence-electron chi connectivity index (χ3n) is 3.28. The van der Waals surface area contributed by atoms with Crippen LogP contribution >= 0.6 is 23.2 Å². The highest BCUT2D eigenvalue weighted by atomic mass is 35.5. The van der Waals surface area contributed by atoms with Crippen molar-refractivity contribution in [2.45, 2.75) is 6.92 Å². The van der Waals surface area contributed by atoms with Crippen LogP contribution in [0.25, 0.3) is 0 Å². The van der Waals surface area contributed by atoms with E-state index < -0.39 is 0 Å². The molecule has 3 rings (SSSR count). The van der Waals surface area contributed by atoms with Gasteiger partial charge in [-0.1, -0.05) is 59.6 Å². The van der Waals surface area contributed by atoms with Gasteiger partial charge in [-0.15, -0.1) is 0 Å². The number of hydrogen-bond donors (Lipinski definition) is 0. The van der Waals surface area contributed by atoms with Crippen molar-refractivity contribution in [3.63, 3.8) is 0 Å². The molecule has 0 aliphatic carbocycles. The van der Waals surface area contributed by atoms with E-state index in [-0.39, 0.29) is 0 Å². The zero-order chi connectivity index (χ0) is 16.2. The number of rotatable bonds is 4. The summed E-state index contributed by atoms with van der Waals surface area (Å²) in [4.78, 5) is 0. The molecular formula is C19H14Cl2O2. The molecule has 0 saturated carbocycles. The van der Waals surface area contributed by atoms with Gasteiger partial charge in [0.25, 0.3) is 0 Å². The van der Waals surface area contributed by atoms with E-state index in [1.807, 2.05) is 61.5 Å². The Morgan fingerprint density at radius 2 is 1.13 bits per heavy atom. The molecule has 0 aromatic heterocycles. The minimum Gasteiger partial charge on any atom is -0.452 e. The fraction of sp³-hybridized carbons (Fsp3) is 0.0526. The zero-order valence-corrected chi connectivity index (χ0v) is 13.9. The number of aryl methyl sites for hydroxylation is 1. The Kier molecular flexibility index (Phi) is 4.75. The van der Waals surface area contributed by atoms with E-state index in [1.165, 1.54) is 0 Å². The summed E-state index contributed by atoms with van der Waals surface area (Å²) in [6, 6.07) is 20.3. The summed E-state index contributed by atoms with van der Waals surface area (Å²) in [5, 5.41) is 1.08. The first-order valence-corrected chi connectivity index (χ1v) is 7.85. The highest BCUT2D eigenvalue weighted by molar-refractivity contribution is 6.32. The Hall–Kier alpha value is -2.16. The lowest BCUT2D eigenvalue weighted by Crippen LogP contribution is -1.93. The van der Waals surface area contributed by atoms with Crippen LogP contribution in [0.2, 0.25) is 10.0 Å². The molecule has 23 heavy (non-hydrogen) atoms. The molecule has 0 fully saturated rings. The second kappa shape index (κ2) is 6.95. The van der Waals surface area contributed by atoms with Crippen LogP contribution in [0.1, 0.15) is 5.56 Å². The molecule has 0 heterocycles. The van der Waals surface area contributed by atoms with E-state index in [2.05, 4.69) is 0 Å². The lowest BCUT2D eigenvalue weighted by atomic mass is 10.2. The largest absolute Gasteiger partial charge is 0.452 e. The molecule has 0 radical (unpaired) electrons. The van der Waals surface area contributed by atoms with Gasteiger partial charge in [0.15, 0.2) is 11.5 Å². The van der Waals surface area contributed by atoms with Crippen molar-refractivity contribution < 1.29 is 9.47 Å². The van der Waals surface area contributed by atoms with Crippen LogP contribution < -0.4 is 9.47 Å². The SMILES string of the molecule is Cc1cccc(Oc2ccccc2Cl)c1Oc1ccccc1Cl. The van der Waals surface area contributed by atoms with Gasteiger partial charge in [-0.3, -0.25) is 0 Å². The molecular weight excluding hydrogens is 331 g/mol. The van der Waals surface area contributed by atoms with Gasteiger partial charge >= 0.3 is 0 Å². The summed E-state index contributed by atoms with van der Waals surface area (Å²) < 4.78 is 11.9. The van der Waals surface area contributed by atoms with Gasteiger partial charge in [0.05, 0.1) is 10.0 Å². The molecule has 0 unspecified atom stereocenters. The van der Waals surface area contributed by atoms with Gasteiger partial charge in [0.1, 0.15) is 11.5 Å². The van der Waals surface area contributed by atoms with Crippen LogP contribution in [0.5, 0.6) is 23.0 Å². The number of hydrogen-bond acceptors (Lipinski definition) is 2. The summed E-state index contributed by atoms with van der Waals surface area (Å²) in [6.45, 7) is 1.95. The molecule has 116 valence electrons. The van der Waals surface area contributed by atoms with Crippen molar-refractivity contribution in [2.75, 3.05) is 0 Å². The Morgan fingerprint density at radius 3 is 1.74 bits per heavy atom. The smallest absolute Gasteiger partial charge is 0.172 e. The van der Waals surface area contributed by atoms with E-state index in [9.17, 15) is 0 Å². The zero-order valence-electron chi connectivity index (χ0n) is 12.4. The lowest BCUT2D eigenvalue weighted by Gasteiger charge is -2.15. The highest BCUT2D eigenvalue weighted by Gasteiger charge is 2.13. The molecule has 4 heteroatoms. The van der Waals surface area contributed by atoms with Crippen LogP contribution in [-0.2, 0) is 0 Å². The summed E-state index contributed by atoms with van der Waals surface area (Å²) in [5.74, 6) is 2.34. The van der Waals surface area contributed by atoms with Gasteiger partial charge in [-0.05, 0) is 42.8 Å². The van der Waals surface area contributed by atoms with E-state index >= 15 is 0 Å². The van der Waals surface area contributed by atoms with Crippen LogP contribution in [-0.4, -0.2) is 0 Å². The van der Waals surface area contributed by atoms with Gasteiger partial charge in [0.2, 0.25) is 0 Å². The summed E-state index contributed by atoms with van der Waals surface area (Å²) in [6.07, 6.45) is 0. The molecule has 0 bridgehead atoms. The van der Waals surface area contributed by atoms with Crippen LogP contribution in [0.4, 0.5) is 0 Å². The molecule has 0 saturated heterocycles. The molecule has 0 aliphatic heterocycles. The first-order chi connectivity index (χ1) is 11.1. The quantitative estimate of drug-likeness (QED) is 0.513. The van der Waals surface area contributed by atoms with Crippen molar-refractivity contribution in [3.8, 4) is 23.0 Å². The lowest BCUT2D eigenvalue weighted by molar-refractivity contribution is 0.416. The topological polar surface area (TPSA) is 18.5 Å². The second-order valence-electron chi connectivity index (χ2n) is 4.97. The Bertz CT molecular complexity index is 831. The van der Waals surface area contributed by atoms with E-state index in [0.29, 0.717) is 33.0 Å². The minimum atomic E-state index is 0.540. The molecule has 3 aromatic carbocycles. The monoisotopic (exact) mass is 344 g/mol. The number of para-hydroxylation sites is 3. The van der Waals surface area contributed by atoms with E-state index in [1.54, 1.807) is 12.1 Å². The van der Waals surface area contributed by atoms with Gasteiger partial charge in [-0.2, -0.15) is 0 Å². The summed E-state index contributed by atoms with van der Waals surface area (Å²) >= 11 is 12.3. The highest BCUT2D eigenvalue weighted by Crippen LogP contribution is 2.40. The van der Waals surface area contributed by atoms with Crippen LogP contribution in [0.3, 0.4) is 0 Å². The van der Waals surface area contributed by atoms with Gasteiger partial charge < -0.3 is 9.47 Å². The molecule has 0 N–H and O–H groups in total. The summed E-state index contributed by atoms with van der Waals surface area (Å²) in [7, 11) is 0. The average Bonchev–Trinajstić information content (AvgIpc) is 2.54. The summed E-state index contributed by atoms with van der Waals surface area (Å²) in [5.41, 5.74) is 0.939. The van der Waals surface area contributed by atoms with Crippen molar-refractivity contribution in [2.24, 2.45) is 0 Å². The predicted octanol–water partition coefficient (Wildman–Crippen LogP) is 6.89. The molecule has 0 aliphatic rings. The van der Waals surface area contributed by atoms with Crippen molar-refractivity contribution in [1.82, 2.24) is 0 Å². The fourth-order valence-corrected chi connectivity index (χ4v) is 2.47. The standard InChI is InChI=1S/C19H14Cl2O2/c1-13-7-6-12-18(22-16-10-4-2-8-14(16)20)19(13)23-17-11-5-3-9-15(17)21/h2-12H,1H3. The van der Waals surface area contributed by atoms with Crippen molar-refractivity contribution in [1.29, 1.82) is 0 Å². The third kappa shape index (κ3) is 3.61. The maximum atomic E-state index is 6.18. The molecule has 0 amide bonds. The second-order valence-corrected chi connectivity index (χ2v) is 5.78. The first-order valence-electron chi connectivity index (χ1n) is 7.09. The van der Waals surface area contributed by atoms with Crippen LogP contribution in [0, 0.1) is 6.92 Å². The Balaban J connectivity index is 1.97. The van der Waals surface area contributed by atoms with Crippen molar-refractivity contribution >= 4 is 23.2 Å². The van der Waals surface area contributed by atoms with Gasteiger partial charge in [0, 0.05) is 0 Å². The van der Waals surface area contributed by atoms with Gasteiger partial charge in [-0.25, -0.2) is 0 Å². The predicted molar refractivity (Wildman–Crippen MR) is 94.2 cm³/mol. The Labute approximate surface area is 145 Å². The maximum Gasteiger partial charge on any atom is 0.172 e.